The molecule has 0 saturated heterocycles. The summed E-state index contributed by atoms with van der Waals surface area (Å²) in [7, 11) is 0. The molecule has 1 aromatic rings. The second-order valence-electron chi connectivity index (χ2n) is 4.27. The molecule has 0 atom stereocenters. The Kier molecular flexibility index (Phi) is 6.12. The van der Waals surface area contributed by atoms with Crippen molar-refractivity contribution in [3.05, 3.63) is 34.3 Å². The van der Waals surface area contributed by atoms with Crippen molar-refractivity contribution in [2.24, 2.45) is 5.73 Å². The summed E-state index contributed by atoms with van der Waals surface area (Å²) in [6.45, 7) is 6.05. The third kappa shape index (κ3) is 5.04. The molecule has 0 saturated carbocycles. The van der Waals surface area contributed by atoms with Gasteiger partial charge in [-0.2, -0.15) is 0 Å². The fourth-order valence-corrected chi connectivity index (χ4v) is 1.68. The lowest BCUT2D eigenvalue weighted by atomic mass is 10.1. The van der Waals surface area contributed by atoms with Crippen LogP contribution in [0.5, 0.6) is 0 Å². The van der Waals surface area contributed by atoms with Crippen LogP contribution in [0.25, 0.3) is 0 Å². The molecule has 0 aliphatic carbocycles. The van der Waals surface area contributed by atoms with Crippen molar-refractivity contribution < 1.29 is 9.53 Å². The Morgan fingerprint density at radius 2 is 2.22 bits per heavy atom. The van der Waals surface area contributed by atoms with E-state index in [9.17, 15) is 4.79 Å². The van der Waals surface area contributed by atoms with Crippen LogP contribution in [0.15, 0.2) is 18.2 Å². The predicted molar refractivity (Wildman–Crippen MR) is 72.8 cm³/mol. The third-order valence-electron chi connectivity index (χ3n) is 2.38. The van der Waals surface area contributed by atoms with Crippen LogP contribution in [0.1, 0.15) is 29.8 Å². The van der Waals surface area contributed by atoms with Crippen LogP contribution in [0.2, 0.25) is 5.02 Å². The van der Waals surface area contributed by atoms with E-state index in [0.717, 1.165) is 12.1 Å². The Morgan fingerprint density at radius 3 is 2.78 bits per heavy atom. The summed E-state index contributed by atoms with van der Waals surface area (Å²) in [5, 5.41) is 3.77. The number of carbonyl (C=O) groups is 1. The van der Waals surface area contributed by atoms with E-state index in [1.54, 1.807) is 18.2 Å². The summed E-state index contributed by atoms with van der Waals surface area (Å²) in [4.78, 5) is 11.0. The molecule has 0 spiro atoms. The summed E-state index contributed by atoms with van der Waals surface area (Å²) in [5.74, 6) is -0.471. The van der Waals surface area contributed by atoms with Gasteiger partial charge in [0, 0.05) is 23.7 Å². The van der Waals surface area contributed by atoms with Crippen LogP contribution >= 0.6 is 11.6 Å². The number of hydrogen-bond donors (Lipinski definition) is 2. The molecule has 3 N–H and O–H groups in total. The smallest absolute Gasteiger partial charge is 0.248 e. The van der Waals surface area contributed by atoms with Crippen molar-refractivity contribution >= 4 is 17.5 Å². The molecule has 18 heavy (non-hydrogen) atoms. The zero-order chi connectivity index (χ0) is 13.5. The molecule has 0 aromatic heterocycles. The van der Waals surface area contributed by atoms with Gasteiger partial charge in [-0.1, -0.05) is 17.7 Å². The third-order valence-corrected chi connectivity index (χ3v) is 2.73. The number of rotatable bonds is 7. The minimum absolute atomic E-state index is 0.241. The minimum atomic E-state index is -0.471. The van der Waals surface area contributed by atoms with Crippen LogP contribution < -0.4 is 11.1 Å². The summed E-state index contributed by atoms with van der Waals surface area (Å²) < 4.78 is 5.40. The van der Waals surface area contributed by atoms with E-state index in [1.807, 2.05) is 13.8 Å². The largest absolute Gasteiger partial charge is 0.377 e. The van der Waals surface area contributed by atoms with E-state index in [4.69, 9.17) is 22.1 Å². The molecule has 0 aliphatic rings. The molecular weight excluding hydrogens is 252 g/mol. The van der Waals surface area contributed by atoms with Crippen molar-refractivity contribution in [3.8, 4) is 0 Å². The lowest BCUT2D eigenvalue weighted by molar-refractivity contribution is 0.0807. The number of amides is 1. The number of hydrogen-bond acceptors (Lipinski definition) is 3. The number of benzene rings is 1. The molecule has 4 nitrogen and oxygen atoms in total. The Morgan fingerprint density at radius 1 is 1.50 bits per heavy atom. The van der Waals surface area contributed by atoms with Gasteiger partial charge in [0.1, 0.15) is 0 Å². The maximum Gasteiger partial charge on any atom is 0.248 e. The van der Waals surface area contributed by atoms with Gasteiger partial charge in [0.2, 0.25) is 5.91 Å². The van der Waals surface area contributed by atoms with Gasteiger partial charge >= 0.3 is 0 Å². The van der Waals surface area contributed by atoms with Gasteiger partial charge in [-0.3, -0.25) is 4.79 Å². The fraction of sp³-hybridized carbons (Fsp3) is 0.462. The number of ether oxygens (including phenoxy) is 1. The van der Waals surface area contributed by atoms with Gasteiger partial charge in [-0.25, -0.2) is 0 Å². The average molecular weight is 271 g/mol. The molecule has 0 bridgehead atoms. The maximum atomic E-state index is 11.0. The molecule has 1 amide bonds. The van der Waals surface area contributed by atoms with Gasteiger partial charge < -0.3 is 15.8 Å². The standard InChI is InChI=1S/C13H19ClN2O2/c1-9(2)18-6-5-16-8-11-4-3-10(13(15)17)7-12(11)14/h3-4,7,9,16H,5-6,8H2,1-2H3,(H2,15,17). The molecule has 5 heteroatoms. The summed E-state index contributed by atoms with van der Waals surface area (Å²) >= 11 is 6.06. The molecule has 0 fully saturated rings. The highest BCUT2D eigenvalue weighted by Gasteiger charge is 2.05. The zero-order valence-electron chi connectivity index (χ0n) is 10.7. The summed E-state index contributed by atoms with van der Waals surface area (Å²) in [6, 6.07) is 5.07. The van der Waals surface area contributed by atoms with E-state index >= 15 is 0 Å². The van der Waals surface area contributed by atoms with Crippen molar-refractivity contribution in [1.82, 2.24) is 5.32 Å². The highest BCUT2D eigenvalue weighted by Crippen LogP contribution is 2.17. The van der Waals surface area contributed by atoms with Crippen molar-refractivity contribution in [2.75, 3.05) is 13.2 Å². The van der Waals surface area contributed by atoms with Gasteiger partial charge in [-0.05, 0) is 31.5 Å². The van der Waals surface area contributed by atoms with Gasteiger partial charge in [0.05, 0.1) is 12.7 Å². The van der Waals surface area contributed by atoms with E-state index in [2.05, 4.69) is 5.32 Å². The molecule has 1 rings (SSSR count). The summed E-state index contributed by atoms with van der Waals surface area (Å²) in [6.07, 6.45) is 0.241. The van der Waals surface area contributed by atoms with E-state index in [-0.39, 0.29) is 6.10 Å². The lowest BCUT2D eigenvalue weighted by Crippen LogP contribution is -2.21. The first-order chi connectivity index (χ1) is 8.50. The SMILES string of the molecule is CC(C)OCCNCc1ccc(C(N)=O)cc1Cl. The second kappa shape index (κ2) is 7.36. The Labute approximate surface area is 112 Å². The normalized spacial score (nSPS) is 10.9. The Balaban J connectivity index is 2.41. The molecule has 0 radical (unpaired) electrons. The van der Waals surface area contributed by atoms with Crippen LogP contribution in [0.3, 0.4) is 0 Å². The predicted octanol–water partition coefficient (Wildman–Crippen LogP) is 1.95. The second-order valence-corrected chi connectivity index (χ2v) is 4.67. The Hall–Kier alpha value is -1.10. The number of nitrogens with two attached hydrogens (primary N) is 1. The molecule has 0 aliphatic heterocycles. The number of primary amides is 1. The maximum absolute atomic E-state index is 11.0. The molecule has 0 heterocycles. The molecule has 0 unspecified atom stereocenters. The lowest BCUT2D eigenvalue weighted by Gasteiger charge is -2.10. The highest BCUT2D eigenvalue weighted by molar-refractivity contribution is 6.31. The van der Waals surface area contributed by atoms with Crippen LogP contribution in [-0.2, 0) is 11.3 Å². The number of carbonyl (C=O) groups excluding carboxylic acids is 1. The van der Waals surface area contributed by atoms with Gasteiger partial charge in [-0.15, -0.1) is 0 Å². The minimum Gasteiger partial charge on any atom is -0.377 e. The van der Waals surface area contributed by atoms with E-state index in [1.165, 1.54) is 0 Å². The van der Waals surface area contributed by atoms with Crippen molar-refractivity contribution in [3.63, 3.8) is 0 Å². The number of halogens is 1. The van der Waals surface area contributed by atoms with Crippen molar-refractivity contribution in [1.29, 1.82) is 0 Å². The van der Waals surface area contributed by atoms with Crippen molar-refractivity contribution in [2.45, 2.75) is 26.5 Å². The number of nitrogens with one attached hydrogen (secondary N) is 1. The topological polar surface area (TPSA) is 64.3 Å². The first-order valence-electron chi connectivity index (χ1n) is 5.91. The molecule has 1 aromatic carbocycles. The molecular formula is C13H19ClN2O2. The van der Waals surface area contributed by atoms with E-state index in [0.29, 0.717) is 23.7 Å². The average Bonchev–Trinajstić information content (AvgIpc) is 2.29. The van der Waals surface area contributed by atoms with Crippen LogP contribution in [0.4, 0.5) is 0 Å². The monoisotopic (exact) mass is 270 g/mol. The van der Waals surface area contributed by atoms with Crippen LogP contribution in [0, 0.1) is 0 Å². The van der Waals surface area contributed by atoms with E-state index < -0.39 is 5.91 Å². The van der Waals surface area contributed by atoms with Crippen LogP contribution in [-0.4, -0.2) is 25.2 Å². The highest BCUT2D eigenvalue weighted by atomic mass is 35.5. The Bertz CT molecular complexity index is 408. The first-order valence-corrected chi connectivity index (χ1v) is 6.29. The summed E-state index contributed by atoms with van der Waals surface area (Å²) in [5.41, 5.74) is 6.53. The quantitative estimate of drug-likeness (QED) is 0.745. The fourth-order valence-electron chi connectivity index (χ4n) is 1.43. The van der Waals surface area contributed by atoms with Gasteiger partial charge in [0.15, 0.2) is 0 Å². The zero-order valence-corrected chi connectivity index (χ0v) is 11.5. The van der Waals surface area contributed by atoms with Gasteiger partial charge in [0.25, 0.3) is 0 Å². The molecule has 100 valence electrons. The first kappa shape index (κ1) is 15.0.